The zero-order valence-corrected chi connectivity index (χ0v) is 12.4. The summed E-state index contributed by atoms with van der Waals surface area (Å²) in [4.78, 5) is 4.27. The van der Waals surface area contributed by atoms with Gasteiger partial charge in [0.1, 0.15) is 0 Å². The third-order valence-corrected chi connectivity index (χ3v) is 3.39. The van der Waals surface area contributed by atoms with Gasteiger partial charge in [-0.1, -0.05) is 32.4 Å². The van der Waals surface area contributed by atoms with Crippen LogP contribution in [0.2, 0.25) is 5.02 Å². The summed E-state index contributed by atoms with van der Waals surface area (Å²) in [5, 5.41) is -0.202. The number of hydrogen-bond acceptors (Lipinski definition) is 1. The predicted molar refractivity (Wildman–Crippen MR) is 77.1 cm³/mol. The summed E-state index contributed by atoms with van der Waals surface area (Å²) in [6.07, 6.45) is 2.15. The lowest BCUT2D eigenvalue weighted by atomic mass is 9.87. The number of nitrogens with zero attached hydrogens (tertiary/aromatic N) is 1. The molecule has 1 heterocycles. The van der Waals surface area contributed by atoms with E-state index in [4.69, 9.17) is 11.6 Å². The Kier molecular flexibility index (Phi) is 4.09. The summed E-state index contributed by atoms with van der Waals surface area (Å²) in [6.45, 7) is 6.33. The first-order valence-electron chi connectivity index (χ1n) is 6.36. The molecule has 4 heteroatoms. The van der Waals surface area contributed by atoms with Gasteiger partial charge in [0.2, 0.25) is 0 Å². The van der Waals surface area contributed by atoms with Gasteiger partial charge in [0.25, 0.3) is 0 Å². The van der Waals surface area contributed by atoms with E-state index in [0.717, 1.165) is 17.3 Å². The Hall–Kier alpha value is -1.48. The number of pyridine rings is 1. The zero-order chi connectivity index (χ0) is 14.9. The van der Waals surface area contributed by atoms with Crippen molar-refractivity contribution in [2.75, 3.05) is 0 Å². The minimum Gasteiger partial charge on any atom is -0.261 e. The van der Waals surface area contributed by atoms with Crippen LogP contribution in [0.4, 0.5) is 8.78 Å². The Balaban J connectivity index is 2.31. The predicted octanol–water partition coefficient (Wildman–Crippen LogP) is 4.90. The van der Waals surface area contributed by atoms with Gasteiger partial charge in [-0.05, 0) is 40.8 Å². The molecule has 0 aliphatic carbocycles. The minimum atomic E-state index is -1.01. The van der Waals surface area contributed by atoms with E-state index in [1.54, 1.807) is 6.20 Å². The van der Waals surface area contributed by atoms with E-state index in [9.17, 15) is 8.78 Å². The number of halogens is 3. The molecular formula is C16H16ClF2N. The largest absolute Gasteiger partial charge is 0.261 e. The molecule has 106 valence electrons. The Labute approximate surface area is 122 Å². The molecular weight excluding hydrogens is 280 g/mol. The molecule has 2 rings (SSSR count). The van der Waals surface area contributed by atoms with E-state index >= 15 is 0 Å². The van der Waals surface area contributed by atoms with E-state index in [1.165, 1.54) is 6.07 Å². The number of rotatable bonds is 2. The standard InChI is InChI=1S/C16H16ClF2N/c1-16(2,3)11-4-5-20-12(9-11)6-10-7-13(17)15(19)14(18)8-10/h4-5,7-9H,6H2,1-3H3. The van der Waals surface area contributed by atoms with Crippen LogP contribution in [0.1, 0.15) is 37.6 Å². The number of hydrogen-bond donors (Lipinski definition) is 0. The van der Waals surface area contributed by atoms with Crippen LogP contribution < -0.4 is 0 Å². The Morgan fingerprint density at radius 3 is 2.45 bits per heavy atom. The molecule has 0 aliphatic rings. The Morgan fingerprint density at radius 1 is 1.15 bits per heavy atom. The van der Waals surface area contributed by atoms with Crippen LogP contribution in [0.15, 0.2) is 30.5 Å². The summed E-state index contributed by atoms with van der Waals surface area (Å²) in [5.41, 5.74) is 2.58. The van der Waals surface area contributed by atoms with Gasteiger partial charge in [0.15, 0.2) is 11.6 Å². The van der Waals surface area contributed by atoms with E-state index in [-0.39, 0.29) is 10.4 Å². The monoisotopic (exact) mass is 295 g/mol. The zero-order valence-electron chi connectivity index (χ0n) is 11.7. The molecule has 0 amide bonds. The van der Waals surface area contributed by atoms with Gasteiger partial charge in [-0.15, -0.1) is 0 Å². The molecule has 1 nitrogen and oxygen atoms in total. The van der Waals surface area contributed by atoms with Crippen LogP contribution in [-0.4, -0.2) is 4.98 Å². The quantitative estimate of drug-likeness (QED) is 0.718. The molecule has 1 aromatic heterocycles. The van der Waals surface area contributed by atoms with Crippen molar-refractivity contribution in [1.29, 1.82) is 0 Å². The Morgan fingerprint density at radius 2 is 1.85 bits per heavy atom. The first-order chi connectivity index (χ1) is 9.27. The average molecular weight is 296 g/mol. The van der Waals surface area contributed by atoms with Gasteiger partial charge >= 0.3 is 0 Å². The first-order valence-corrected chi connectivity index (χ1v) is 6.74. The smallest absolute Gasteiger partial charge is 0.177 e. The topological polar surface area (TPSA) is 12.9 Å². The van der Waals surface area contributed by atoms with E-state index in [1.807, 2.05) is 12.1 Å². The summed E-state index contributed by atoms with van der Waals surface area (Å²) in [7, 11) is 0. The summed E-state index contributed by atoms with van der Waals surface area (Å²) >= 11 is 5.65. The van der Waals surface area contributed by atoms with E-state index in [0.29, 0.717) is 12.0 Å². The van der Waals surface area contributed by atoms with Gasteiger partial charge in [-0.3, -0.25) is 4.98 Å². The molecule has 1 aromatic carbocycles. The highest BCUT2D eigenvalue weighted by atomic mass is 35.5. The highest BCUT2D eigenvalue weighted by molar-refractivity contribution is 6.30. The van der Waals surface area contributed by atoms with Crippen LogP contribution in [0, 0.1) is 11.6 Å². The molecule has 0 saturated heterocycles. The lowest BCUT2D eigenvalue weighted by Gasteiger charge is -2.19. The Bertz CT molecular complexity index is 610. The second-order valence-corrected chi connectivity index (χ2v) is 6.24. The first kappa shape index (κ1) is 14.9. The highest BCUT2D eigenvalue weighted by Gasteiger charge is 2.15. The average Bonchev–Trinajstić information content (AvgIpc) is 2.35. The normalized spacial score (nSPS) is 11.7. The van der Waals surface area contributed by atoms with Gasteiger partial charge in [-0.2, -0.15) is 0 Å². The molecule has 0 saturated carbocycles. The van der Waals surface area contributed by atoms with Gasteiger partial charge < -0.3 is 0 Å². The van der Waals surface area contributed by atoms with Crippen LogP contribution in [0.3, 0.4) is 0 Å². The summed E-state index contributed by atoms with van der Waals surface area (Å²) in [5.74, 6) is -1.94. The molecule has 0 spiro atoms. The van der Waals surface area contributed by atoms with Gasteiger partial charge in [0.05, 0.1) is 5.02 Å². The number of benzene rings is 1. The fourth-order valence-corrected chi connectivity index (χ4v) is 2.19. The van der Waals surface area contributed by atoms with Crippen LogP contribution in [0.5, 0.6) is 0 Å². The second-order valence-electron chi connectivity index (χ2n) is 5.84. The van der Waals surface area contributed by atoms with Crippen molar-refractivity contribution in [1.82, 2.24) is 4.98 Å². The lowest BCUT2D eigenvalue weighted by Crippen LogP contribution is -2.11. The third kappa shape index (κ3) is 3.34. The van der Waals surface area contributed by atoms with Gasteiger partial charge in [0, 0.05) is 18.3 Å². The van der Waals surface area contributed by atoms with E-state index < -0.39 is 11.6 Å². The number of aromatic nitrogens is 1. The lowest BCUT2D eigenvalue weighted by molar-refractivity contribution is 0.507. The van der Waals surface area contributed by atoms with Crippen LogP contribution in [0.25, 0.3) is 0 Å². The van der Waals surface area contributed by atoms with Crippen molar-refractivity contribution in [3.8, 4) is 0 Å². The molecule has 0 unspecified atom stereocenters. The summed E-state index contributed by atoms with van der Waals surface area (Å²) < 4.78 is 26.5. The minimum absolute atomic E-state index is 0.0172. The molecule has 0 bridgehead atoms. The van der Waals surface area contributed by atoms with Crippen molar-refractivity contribution in [3.63, 3.8) is 0 Å². The SMILES string of the molecule is CC(C)(C)c1ccnc(Cc2cc(F)c(F)c(Cl)c2)c1. The van der Waals surface area contributed by atoms with Crippen molar-refractivity contribution in [3.05, 3.63) is 63.9 Å². The summed E-state index contributed by atoms with van der Waals surface area (Å²) in [6, 6.07) is 6.54. The third-order valence-electron chi connectivity index (χ3n) is 3.11. The maximum atomic E-state index is 13.3. The highest BCUT2D eigenvalue weighted by Crippen LogP contribution is 2.24. The second kappa shape index (κ2) is 5.49. The van der Waals surface area contributed by atoms with Crippen molar-refractivity contribution in [2.24, 2.45) is 0 Å². The van der Waals surface area contributed by atoms with Gasteiger partial charge in [-0.25, -0.2) is 8.78 Å². The molecule has 2 aromatic rings. The maximum Gasteiger partial charge on any atom is 0.177 e. The van der Waals surface area contributed by atoms with Crippen molar-refractivity contribution in [2.45, 2.75) is 32.6 Å². The maximum absolute atomic E-state index is 13.3. The molecule has 20 heavy (non-hydrogen) atoms. The molecule has 0 fully saturated rings. The van der Waals surface area contributed by atoms with Crippen molar-refractivity contribution >= 4 is 11.6 Å². The molecule has 0 aliphatic heterocycles. The molecule has 0 radical (unpaired) electrons. The van der Waals surface area contributed by atoms with Crippen molar-refractivity contribution < 1.29 is 8.78 Å². The van der Waals surface area contributed by atoms with Crippen LogP contribution >= 0.6 is 11.6 Å². The van der Waals surface area contributed by atoms with Crippen LogP contribution in [-0.2, 0) is 11.8 Å². The fourth-order valence-electron chi connectivity index (χ4n) is 1.96. The van der Waals surface area contributed by atoms with E-state index in [2.05, 4.69) is 25.8 Å². The molecule has 0 atom stereocenters. The fraction of sp³-hybridized carbons (Fsp3) is 0.312. The molecule has 0 N–H and O–H groups in total.